The summed E-state index contributed by atoms with van der Waals surface area (Å²) in [6, 6.07) is 12.3. The Kier molecular flexibility index (Phi) is 6.59. The monoisotopic (exact) mass is 444 g/mol. The summed E-state index contributed by atoms with van der Waals surface area (Å²) in [5.41, 5.74) is 1.40. The van der Waals surface area contributed by atoms with Gasteiger partial charge in [0.05, 0.1) is 17.2 Å². The van der Waals surface area contributed by atoms with Gasteiger partial charge in [0.15, 0.2) is 6.10 Å². The molecular weight excluding hydrogens is 424 g/mol. The minimum absolute atomic E-state index is 0.0165. The molecule has 2 aromatic carbocycles. The van der Waals surface area contributed by atoms with Gasteiger partial charge in [0, 0.05) is 10.8 Å². The average Bonchev–Trinajstić information content (AvgIpc) is 2.76. The highest BCUT2D eigenvalue weighted by molar-refractivity contribution is 7.99. The van der Waals surface area contributed by atoms with Crippen molar-refractivity contribution in [2.24, 2.45) is 0 Å². The summed E-state index contributed by atoms with van der Waals surface area (Å²) in [5.74, 6) is 3.17. The Hall–Kier alpha value is -2.51. The van der Waals surface area contributed by atoms with Crippen LogP contribution in [0.4, 0.5) is 0 Å². The van der Waals surface area contributed by atoms with Gasteiger partial charge >= 0.3 is 5.97 Å². The zero-order chi connectivity index (χ0) is 20.9. The van der Waals surface area contributed by atoms with Crippen molar-refractivity contribution in [3.05, 3.63) is 53.7 Å². The van der Waals surface area contributed by atoms with Crippen LogP contribution in [0.2, 0.25) is 5.02 Å². The Bertz CT molecular complexity index is 1030. The molecule has 8 heteroatoms. The van der Waals surface area contributed by atoms with Gasteiger partial charge in [0.1, 0.15) is 17.6 Å². The molecule has 156 valence electrons. The third kappa shape index (κ3) is 5.34. The SMILES string of the molecule is CC(Oc1ccc(Oc2cnc3cc(Cl)ccc3n2)cc1)C(=O)OC1CCCSC1. The van der Waals surface area contributed by atoms with E-state index in [0.29, 0.717) is 33.4 Å². The van der Waals surface area contributed by atoms with Crippen LogP contribution in [-0.2, 0) is 9.53 Å². The molecule has 30 heavy (non-hydrogen) atoms. The Morgan fingerprint density at radius 2 is 1.97 bits per heavy atom. The molecule has 4 rings (SSSR count). The fraction of sp³-hybridized carbons (Fsp3) is 0.318. The summed E-state index contributed by atoms with van der Waals surface area (Å²) in [4.78, 5) is 21.0. The van der Waals surface area contributed by atoms with Crippen molar-refractivity contribution >= 4 is 40.4 Å². The van der Waals surface area contributed by atoms with Crippen molar-refractivity contribution in [2.45, 2.75) is 32.0 Å². The minimum atomic E-state index is -0.679. The largest absolute Gasteiger partial charge is 0.479 e. The van der Waals surface area contributed by atoms with E-state index in [4.69, 9.17) is 25.8 Å². The predicted molar refractivity (Wildman–Crippen MR) is 118 cm³/mol. The molecule has 2 heterocycles. The topological polar surface area (TPSA) is 70.5 Å². The van der Waals surface area contributed by atoms with E-state index in [1.165, 1.54) is 0 Å². The number of halogens is 1. The first-order valence-electron chi connectivity index (χ1n) is 9.72. The van der Waals surface area contributed by atoms with E-state index in [1.807, 2.05) is 11.8 Å². The molecule has 0 N–H and O–H groups in total. The fourth-order valence-electron chi connectivity index (χ4n) is 3.04. The van der Waals surface area contributed by atoms with Crippen molar-refractivity contribution in [2.75, 3.05) is 11.5 Å². The molecule has 1 aliphatic rings. The van der Waals surface area contributed by atoms with Gasteiger partial charge in [-0.25, -0.2) is 14.8 Å². The Morgan fingerprint density at radius 1 is 1.17 bits per heavy atom. The van der Waals surface area contributed by atoms with Gasteiger partial charge in [-0.3, -0.25) is 0 Å². The van der Waals surface area contributed by atoms with Crippen molar-refractivity contribution in [1.29, 1.82) is 0 Å². The zero-order valence-electron chi connectivity index (χ0n) is 16.4. The van der Waals surface area contributed by atoms with Crippen molar-refractivity contribution in [3.8, 4) is 17.4 Å². The standard InChI is InChI=1S/C22H21ClN2O4S/c1-14(22(26)29-18-3-2-10-30-13-18)27-16-5-7-17(8-6-16)28-21-12-24-20-11-15(23)4-9-19(20)25-21/h4-9,11-12,14,18H,2-3,10,13H2,1H3. The number of nitrogens with zero attached hydrogens (tertiary/aromatic N) is 2. The highest BCUT2D eigenvalue weighted by Crippen LogP contribution is 2.25. The number of carbonyl (C=O) groups excluding carboxylic acids is 1. The number of hydrogen-bond acceptors (Lipinski definition) is 7. The first-order valence-corrected chi connectivity index (χ1v) is 11.3. The highest BCUT2D eigenvalue weighted by Gasteiger charge is 2.23. The fourth-order valence-corrected chi connectivity index (χ4v) is 4.24. The second-order valence-corrected chi connectivity index (χ2v) is 8.54. The van der Waals surface area contributed by atoms with Crippen LogP contribution in [0.5, 0.6) is 17.4 Å². The van der Waals surface area contributed by atoms with Crippen LogP contribution in [0, 0.1) is 0 Å². The van der Waals surface area contributed by atoms with Crippen molar-refractivity contribution < 1.29 is 19.0 Å². The van der Waals surface area contributed by atoms with Crippen molar-refractivity contribution in [3.63, 3.8) is 0 Å². The zero-order valence-corrected chi connectivity index (χ0v) is 18.0. The minimum Gasteiger partial charge on any atom is -0.479 e. The van der Waals surface area contributed by atoms with Crippen LogP contribution in [-0.4, -0.2) is 39.7 Å². The predicted octanol–water partition coefficient (Wildman–Crippen LogP) is 5.28. The van der Waals surface area contributed by atoms with Crippen LogP contribution in [0.25, 0.3) is 11.0 Å². The van der Waals surface area contributed by atoms with Crippen LogP contribution >= 0.6 is 23.4 Å². The summed E-state index contributed by atoms with van der Waals surface area (Å²) in [6.07, 6.45) is 2.85. The van der Waals surface area contributed by atoms with Gasteiger partial charge in [-0.1, -0.05) is 11.6 Å². The quantitative estimate of drug-likeness (QED) is 0.479. The van der Waals surface area contributed by atoms with Gasteiger partial charge in [-0.05, 0) is 68.0 Å². The number of ether oxygens (including phenoxy) is 3. The normalized spacial score (nSPS) is 17.3. The first kappa shape index (κ1) is 20.8. The number of esters is 1. The number of carbonyl (C=O) groups is 1. The second-order valence-electron chi connectivity index (χ2n) is 6.95. The molecule has 1 aromatic heterocycles. The molecule has 2 atom stereocenters. The van der Waals surface area contributed by atoms with E-state index in [9.17, 15) is 4.79 Å². The molecule has 3 aromatic rings. The molecule has 0 bridgehead atoms. The lowest BCUT2D eigenvalue weighted by Gasteiger charge is -2.23. The molecule has 2 unspecified atom stereocenters. The summed E-state index contributed by atoms with van der Waals surface area (Å²) in [6.45, 7) is 1.69. The number of aromatic nitrogens is 2. The Labute approximate surface area is 183 Å². The summed E-state index contributed by atoms with van der Waals surface area (Å²) in [7, 11) is 0. The molecule has 1 aliphatic heterocycles. The molecular formula is C22H21ClN2O4S. The molecule has 0 amide bonds. The number of rotatable bonds is 6. The number of benzene rings is 2. The Morgan fingerprint density at radius 3 is 2.73 bits per heavy atom. The van der Waals surface area contributed by atoms with E-state index in [1.54, 1.807) is 55.6 Å². The summed E-state index contributed by atoms with van der Waals surface area (Å²) in [5, 5.41) is 0.608. The molecule has 1 fully saturated rings. The maximum atomic E-state index is 12.2. The smallest absolute Gasteiger partial charge is 0.347 e. The van der Waals surface area contributed by atoms with Crippen LogP contribution in [0.3, 0.4) is 0 Å². The summed E-state index contributed by atoms with van der Waals surface area (Å²) >= 11 is 7.78. The van der Waals surface area contributed by atoms with E-state index >= 15 is 0 Å². The van der Waals surface area contributed by atoms with Gasteiger partial charge in [0.2, 0.25) is 5.88 Å². The first-order chi connectivity index (χ1) is 14.6. The van der Waals surface area contributed by atoms with Gasteiger partial charge < -0.3 is 14.2 Å². The third-order valence-corrected chi connectivity index (χ3v) is 5.99. The maximum Gasteiger partial charge on any atom is 0.347 e. The molecule has 6 nitrogen and oxygen atoms in total. The maximum absolute atomic E-state index is 12.2. The van der Waals surface area contributed by atoms with E-state index in [0.717, 1.165) is 24.3 Å². The number of fused-ring (bicyclic) bond motifs is 1. The van der Waals surface area contributed by atoms with Crippen LogP contribution in [0.1, 0.15) is 19.8 Å². The van der Waals surface area contributed by atoms with Gasteiger partial charge in [-0.2, -0.15) is 11.8 Å². The summed E-state index contributed by atoms with van der Waals surface area (Å²) < 4.78 is 17.0. The second kappa shape index (κ2) is 9.53. The van der Waals surface area contributed by atoms with E-state index in [-0.39, 0.29) is 12.1 Å². The van der Waals surface area contributed by atoms with Crippen LogP contribution < -0.4 is 9.47 Å². The number of thioether (sulfide) groups is 1. The highest BCUT2D eigenvalue weighted by atomic mass is 35.5. The lowest BCUT2D eigenvalue weighted by Crippen LogP contribution is -2.32. The molecule has 0 aliphatic carbocycles. The molecule has 1 saturated heterocycles. The van der Waals surface area contributed by atoms with Gasteiger partial charge in [0.25, 0.3) is 0 Å². The van der Waals surface area contributed by atoms with E-state index in [2.05, 4.69) is 9.97 Å². The molecule has 0 radical (unpaired) electrons. The number of hydrogen-bond donors (Lipinski definition) is 0. The molecule has 0 saturated carbocycles. The Balaban J connectivity index is 1.34. The average molecular weight is 445 g/mol. The van der Waals surface area contributed by atoms with Gasteiger partial charge in [-0.15, -0.1) is 0 Å². The third-order valence-electron chi connectivity index (χ3n) is 4.57. The van der Waals surface area contributed by atoms with Crippen LogP contribution in [0.15, 0.2) is 48.7 Å². The van der Waals surface area contributed by atoms with E-state index < -0.39 is 6.10 Å². The van der Waals surface area contributed by atoms with Crippen molar-refractivity contribution in [1.82, 2.24) is 9.97 Å². The lowest BCUT2D eigenvalue weighted by atomic mass is 10.2. The lowest BCUT2D eigenvalue weighted by molar-refractivity contribution is -0.155. The molecule has 0 spiro atoms.